The molecule has 0 radical (unpaired) electrons. The Bertz CT molecular complexity index is 1020. The zero-order chi connectivity index (χ0) is 16.0. The molecule has 0 saturated carbocycles. The molecule has 114 valence electrons. The first-order valence-electron chi connectivity index (χ1n) is 6.78. The second-order valence-electron chi connectivity index (χ2n) is 5.13. The number of nitrogens with zero attached hydrogens (tertiary/aromatic N) is 3. The number of hydrogen-bond acceptors (Lipinski definition) is 3. The van der Waals surface area contributed by atoms with Crippen LogP contribution in [-0.4, -0.2) is 20.2 Å². The Morgan fingerprint density at radius 3 is 2.65 bits per heavy atom. The maximum atomic E-state index is 12.8. The summed E-state index contributed by atoms with van der Waals surface area (Å²) in [6, 6.07) is 8.66. The largest absolute Gasteiger partial charge is 0.416 e. The first-order chi connectivity index (χ1) is 11.0. The monoisotopic (exact) mass is 314 g/mol. The molecule has 2 aromatic carbocycles. The SMILES string of the molecule is FC(F)(F)c1cccc(-c2cnc3cc4cn[nH]c4cc3n2)c1. The molecule has 7 heteroatoms. The van der Waals surface area contributed by atoms with Gasteiger partial charge in [0.15, 0.2) is 0 Å². The van der Waals surface area contributed by atoms with Crippen LogP contribution in [0, 0.1) is 0 Å². The number of nitrogens with one attached hydrogen (secondary N) is 1. The van der Waals surface area contributed by atoms with E-state index in [0.29, 0.717) is 22.3 Å². The number of fused-ring (bicyclic) bond motifs is 2. The number of H-pyrrole nitrogens is 1. The van der Waals surface area contributed by atoms with E-state index in [4.69, 9.17) is 0 Å². The van der Waals surface area contributed by atoms with E-state index in [1.54, 1.807) is 18.3 Å². The first-order valence-corrected chi connectivity index (χ1v) is 6.78. The zero-order valence-electron chi connectivity index (χ0n) is 11.6. The van der Waals surface area contributed by atoms with E-state index < -0.39 is 11.7 Å². The number of alkyl halides is 3. The highest BCUT2D eigenvalue weighted by molar-refractivity contribution is 5.92. The molecule has 2 aromatic heterocycles. The van der Waals surface area contributed by atoms with E-state index in [1.165, 1.54) is 12.3 Å². The van der Waals surface area contributed by atoms with Crippen molar-refractivity contribution < 1.29 is 13.2 Å². The van der Waals surface area contributed by atoms with E-state index in [0.717, 1.165) is 23.0 Å². The lowest BCUT2D eigenvalue weighted by Crippen LogP contribution is -2.04. The number of hydrogen-bond donors (Lipinski definition) is 1. The Labute approximate surface area is 128 Å². The fourth-order valence-electron chi connectivity index (χ4n) is 2.44. The summed E-state index contributed by atoms with van der Waals surface area (Å²) in [5, 5.41) is 7.67. The van der Waals surface area contributed by atoms with Gasteiger partial charge in [-0.05, 0) is 24.3 Å². The maximum Gasteiger partial charge on any atom is 0.416 e. The molecule has 23 heavy (non-hydrogen) atoms. The Morgan fingerprint density at radius 2 is 1.83 bits per heavy atom. The molecule has 4 nitrogen and oxygen atoms in total. The van der Waals surface area contributed by atoms with Crippen molar-refractivity contribution in [3.8, 4) is 11.3 Å². The van der Waals surface area contributed by atoms with Gasteiger partial charge in [0, 0.05) is 10.9 Å². The average Bonchev–Trinajstić information content (AvgIpc) is 2.98. The van der Waals surface area contributed by atoms with Gasteiger partial charge >= 0.3 is 6.18 Å². The predicted octanol–water partition coefficient (Wildman–Crippen LogP) is 4.19. The smallest absolute Gasteiger partial charge is 0.278 e. The summed E-state index contributed by atoms with van der Waals surface area (Å²) in [6.07, 6.45) is -1.23. The number of benzene rings is 2. The van der Waals surface area contributed by atoms with Crippen molar-refractivity contribution in [2.24, 2.45) is 0 Å². The number of rotatable bonds is 1. The Balaban J connectivity index is 1.87. The molecular formula is C16H9F3N4. The topological polar surface area (TPSA) is 54.5 Å². The fourth-order valence-corrected chi connectivity index (χ4v) is 2.44. The van der Waals surface area contributed by atoms with Crippen LogP contribution in [-0.2, 0) is 6.18 Å². The lowest BCUT2D eigenvalue weighted by Gasteiger charge is -2.08. The zero-order valence-corrected chi connectivity index (χ0v) is 11.6. The average molecular weight is 314 g/mol. The van der Waals surface area contributed by atoms with Crippen molar-refractivity contribution >= 4 is 21.9 Å². The van der Waals surface area contributed by atoms with Crippen LogP contribution in [0.15, 0.2) is 48.8 Å². The molecule has 0 fully saturated rings. The van der Waals surface area contributed by atoms with Crippen molar-refractivity contribution in [2.75, 3.05) is 0 Å². The van der Waals surface area contributed by atoms with Gasteiger partial charge in [0.2, 0.25) is 0 Å². The quantitative estimate of drug-likeness (QED) is 0.573. The van der Waals surface area contributed by atoms with Crippen molar-refractivity contribution in [1.82, 2.24) is 20.2 Å². The molecule has 0 aliphatic carbocycles. The fraction of sp³-hybridized carbons (Fsp3) is 0.0625. The van der Waals surface area contributed by atoms with Gasteiger partial charge in [-0.3, -0.25) is 10.1 Å². The lowest BCUT2D eigenvalue weighted by atomic mass is 10.1. The van der Waals surface area contributed by atoms with Crippen LogP contribution in [0.1, 0.15) is 5.56 Å². The third-order valence-corrected chi connectivity index (χ3v) is 3.59. The molecule has 0 aliphatic rings. The Morgan fingerprint density at radius 1 is 0.957 bits per heavy atom. The molecule has 0 saturated heterocycles. The molecule has 0 atom stereocenters. The van der Waals surface area contributed by atoms with Gasteiger partial charge in [0.25, 0.3) is 0 Å². The van der Waals surface area contributed by atoms with E-state index in [9.17, 15) is 13.2 Å². The van der Waals surface area contributed by atoms with Crippen molar-refractivity contribution in [3.05, 3.63) is 54.4 Å². The molecule has 0 unspecified atom stereocenters. The summed E-state index contributed by atoms with van der Waals surface area (Å²) in [5.74, 6) is 0. The number of aromatic nitrogens is 4. The van der Waals surface area contributed by atoms with Gasteiger partial charge in [0.1, 0.15) is 0 Å². The lowest BCUT2D eigenvalue weighted by molar-refractivity contribution is -0.137. The molecule has 4 rings (SSSR count). The van der Waals surface area contributed by atoms with E-state index in [-0.39, 0.29) is 0 Å². The summed E-state index contributed by atoms with van der Waals surface area (Å²) >= 11 is 0. The minimum atomic E-state index is -4.39. The number of halogens is 3. The normalized spacial score (nSPS) is 12.1. The second kappa shape index (κ2) is 4.77. The Hall–Kier alpha value is -2.96. The highest BCUT2D eigenvalue weighted by atomic mass is 19.4. The highest BCUT2D eigenvalue weighted by Gasteiger charge is 2.30. The van der Waals surface area contributed by atoms with Crippen LogP contribution in [0.4, 0.5) is 13.2 Å². The van der Waals surface area contributed by atoms with Gasteiger partial charge in [0.05, 0.1) is 40.2 Å². The van der Waals surface area contributed by atoms with Gasteiger partial charge in [-0.1, -0.05) is 12.1 Å². The maximum absolute atomic E-state index is 12.8. The molecular weight excluding hydrogens is 305 g/mol. The van der Waals surface area contributed by atoms with Gasteiger partial charge in [-0.2, -0.15) is 18.3 Å². The summed E-state index contributed by atoms with van der Waals surface area (Å²) < 4.78 is 38.5. The van der Waals surface area contributed by atoms with Crippen LogP contribution >= 0.6 is 0 Å². The molecule has 2 heterocycles. The summed E-state index contributed by atoms with van der Waals surface area (Å²) in [5.41, 5.74) is 2.11. The van der Waals surface area contributed by atoms with Crippen molar-refractivity contribution in [3.63, 3.8) is 0 Å². The molecule has 0 spiro atoms. The van der Waals surface area contributed by atoms with Crippen LogP contribution in [0.2, 0.25) is 0 Å². The minimum Gasteiger partial charge on any atom is -0.278 e. The summed E-state index contributed by atoms with van der Waals surface area (Å²) in [4.78, 5) is 8.71. The van der Waals surface area contributed by atoms with Gasteiger partial charge < -0.3 is 0 Å². The van der Waals surface area contributed by atoms with Crippen molar-refractivity contribution in [2.45, 2.75) is 6.18 Å². The van der Waals surface area contributed by atoms with Gasteiger partial charge in [-0.15, -0.1) is 0 Å². The van der Waals surface area contributed by atoms with Crippen LogP contribution < -0.4 is 0 Å². The first kappa shape index (κ1) is 13.7. The molecule has 1 N–H and O–H groups in total. The molecule has 0 bridgehead atoms. The van der Waals surface area contributed by atoms with Crippen LogP contribution in [0.3, 0.4) is 0 Å². The summed E-state index contributed by atoms with van der Waals surface area (Å²) in [6.45, 7) is 0. The van der Waals surface area contributed by atoms with Crippen LogP contribution in [0.5, 0.6) is 0 Å². The minimum absolute atomic E-state index is 0.374. The van der Waals surface area contributed by atoms with Crippen molar-refractivity contribution in [1.29, 1.82) is 0 Å². The molecule has 0 aliphatic heterocycles. The number of aromatic amines is 1. The predicted molar refractivity (Wildman–Crippen MR) is 79.6 cm³/mol. The summed E-state index contributed by atoms with van der Waals surface area (Å²) in [7, 11) is 0. The highest BCUT2D eigenvalue weighted by Crippen LogP contribution is 2.32. The molecule has 4 aromatic rings. The van der Waals surface area contributed by atoms with E-state index >= 15 is 0 Å². The Kier molecular flexibility index (Phi) is 2.84. The van der Waals surface area contributed by atoms with E-state index in [1.807, 2.05) is 6.07 Å². The second-order valence-corrected chi connectivity index (χ2v) is 5.13. The molecule has 0 amide bonds. The van der Waals surface area contributed by atoms with Gasteiger partial charge in [-0.25, -0.2) is 4.98 Å². The standard InChI is InChI=1S/C16H9F3N4/c17-16(18,19)11-3-1-2-9(4-11)15-8-20-13-5-10-7-21-23-12(10)6-14(13)22-15/h1-8H,(H,21,23). The van der Waals surface area contributed by atoms with Crippen LogP contribution in [0.25, 0.3) is 33.2 Å². The third-order valence-electron chi connectivity index (χ3n) is 3.59. The van der Waals surface area contributed by atoms with E-state index in [2.05, 4.69) is 20.2 Å². The third kappa shape index (κ3) is 2.40.